The van der Waals surface area contributed by atoms with E-state index in [0.717, 1.165) is 39.0 Å². The molecule has 2 atom stereocenters. The number of rotatable bonds is 6. The molecule has 3 heterocycles. The van der Waals surface area contributed by atoms with Crippen LogP contribution in [-0.4, -0.2) is 32.8 Å². The fourth-order valence-electron chi connectivity index (χ4n) is 5.05. The molecule has 1 N–H and O–H groups in total. The van der Waals surface area contributed by atoms with Crippen molar-refractivity contribution >= 4 is 16.9 Å². The highest BCUT2D eigenvalue weighted by atomic mass is 19.1. The van der Waals surface area contributed by atoms with Crippen LogP contribution in [0.25, 0.3) is 33.3 Å². The lowest BCUT2D eigenvalue weighted by Crippen LogP contribution is -2.33. The Morgan fingerprint density at radius 3 is 2.63 bits per heavy atom. The lowest BCUT2D eigenvalue weighted by molar-refractivity contribution is -0.160. The van der Waals surface area contributed by atoms with Gasteiger partial charge in [0.05, 0.1) is 23.7 Å². The summed E-state index contributed by atoms with van der Waals surface area (Å²) in [4.78, 5) is 16.4. The summed E-state index contributed by atoms with van der Waals surface area (Å²) in [7, 11) is 0. The van der Waals surface area contributed by atoms with Crippen molar-refractivity contribution in [3.63, 3.8) is 0 Å². The molecule has 0 bridgehead atoms. The van der Waals surface area contributed by atoms with Gasteiger partial charge in [-0.3, -0.25) is 9.78 Å². The van der Waals surface area contributed by atoms with E-state index in [-0.39, 0.29) is 30.2 Å². The van der Waals surface area contributed by atoms with Gasteiger partial charge in [-0.1, -0.05) is 32.0 Å². The van der Waals surface area contributed by atoms with Gasteiger partial charge >= 0.3 is 5.97 Å². The Kier molecular flexibility index (Phi) is 6.39. The molecule has 0 radical (unpaired) electrons. The third-order valence-electron chi connectivity index (χ3n) is 6.69. The van der Waals surface area contributed by atoms with Crippen LogP contribution in [0.1, 0.15) is 44.7 Å². The number of pyridine rings is 1. The first kappa shape index (κ1) is 23.2. The summed E-state index contributed by atoms with van der Waals surface area (Å²) in [6, 6.07) is 18.9. The Morgan fingerprint density at radius 1 is 1.11 bits per heavy atom. The van der Waals surface area contributed by atoms with Crippen molar-refractivity contribution in [1.29, 1.82) is 0 Å². The third-order valence-corrected chi connectivity index (χ3v) is 6.69. The van der Waals surface area contributed by atoms with E-state index in [2.05, 4.69) is 35.5 Å². The van der Waals surface area contributed by atoms with Gasteiger partial charge in [-0.05, 0) is 59.5 Å². The number of hydrogen-bond acceptors (Lipinski definition) is 4. The first-order valence-corrected chi connectivity index (χ1v) is 12.1. The Morgan fingerprint density at radius 2 is 1.89 bits per heavy atom. The maximum absolute atomic E-state index is 13.8. The average molecular weight is 473 g/mol. The van der Waals surface area contributed by atoms with E-state index in [4.69, 9.17) is 4.74 Å². The van der Waals surface area contributed by atoms with Crippen molar-refractivity contribution in [3.8, 4) is 22.4 Å². The van der Waals surface area contributed by atoms with Crippen molar-refractivity contribution in [1.82, 2.24) is 9.55 Å². The van der Waals surface area contributed by atoms with Crippen LogP contribution in [0.2, 0.25) is 0 Å². The molecule has 5 rings (SSSR count). The van der Waals surface area contributed by atoms with Crippen LogP contribution in [-0.2, 0) is 16.1 Å². The molecule has 1 saturated heterocycles. The summed E-state index contributed by atoms with van der Waals surface area (Å²) in [5.41, 5.74) is 6.08. The third kappa shape index (κ3) is 4.71. The van der Waals surface area contributed by atoms with E-state index in [9.17, 15) is 14.3 Å². The first-order valence-electron chi connectivity index (χ1n) is 12.1. The predicted molar refractivity (Wildman–Crippen MR) is 134 cm³/mol. The number of carbonyl (C=O) groups excluding carboxylic acids is 1. The number of ether oxygens (including phenoxy) is 1. The molecular weight excluding hydrogens is 443 g/mol. The fraction of sp³-hybridized carbons (Fsp3) is 0.310. The maximum atomic E-state index is 13.8. The van der Waals surface area contributed by atoms with Crippen molar-refractivity contribution < 1.29 is 19.0 Å². The Labute approximate surface area is 204 Å². The molecule has 2 unspecified atom stereocenters. The second-order valence-electron chi connectivity index (χ2n) is 9.51. The summed E-state index contributed by atoms with van der Waals surface area (Å²) in [5, 5.41) is 11.1. The predicted octanol–water partition coefficient (Wildman–Crippen LogP) is 6.09. The summed E-state index contributed by atoms with van der Waals surface area (Å²) < 4.78 is 21.6. The molecule has 0 aliphatic carbocycles. The smallest absolute Gasteiger partial charge is 0.308 e. The second-order valence-corrected chi connectivity index (χ2v) is 9.51. The summed E-state index contributed by atoms with van der Waals surface area (Å²) in [5.74, 6) is -0.404. The number of cyclic esters (lactones) is 1. The number of esters is 1. The first-order chi connectivity index (χ1) is 16.9. The lowest BCUT2D eigenvalue weighted by atomic mass is 9.97. The molecule has 6 heteroatoms. The van der Waals surface area contributed by atoms with Gasteiger partial charge in [-0.15, -0.1) is 0 Å². The Hall–Kier alpha value is -3.51. The Balaban J connectivity index is 1.66. The van der Waals surface area contributed by atoms with E-state index >= 15 is 0 Å². The van der Waals surface area contributed by atoms with Crippen molar-refractivity contribution in [2.45, 2.75) is 57.8 Å². The average Bonchev–Trinajstić information content (AvgIpc) is 3.22. The van der Waals surface area contributed by atoms with E-state index in [1.54, 1.807) is 0 Å². The number of aliphatic hydroxyl groups excluding tert-OH is 1. The number of aromatic nitrogens is 2. The number of para-hydroxylation sites is 1. The van der Waals surface area contributed by atoms with Gasteiger partial charge in [0, 0.05) is 42.2 Å². The number of fused-ring (bicyclic) bond motifs is 1. The minimum Gasteiger partial charge on any atom is -0.462 e. The van der Waals surface area contributed by atoms with Gasteiger partial charge in [0.25, 0.3) is 0 Å². The van der Waals surface area contributed by atoms with Crippen LogP contribution in [0.3, 0.4) is 0 Å². The zero-order valence-electron chi connectivity index (χ0n) is 19.9. The van der Waals surface area contributed by atoms with Crippen molar-refractivity contribution in [2.75, 3.05) is 0 Å². The Bertz CT molecular complexity index is 1360. The normalized spacial score (nSPS) is 18.3. The van der Waals surface area contributed by atoms with Gasteiger partial charge in [0.2, 0.25) is 0 Å². The maximum Gasteiger partial charge on any atom is 0.308 e. The molecule has 0 saturated carbocycles. The fourth-order valence-corrected chi connectivity index (χ4v) is 5.05. The minimum absolute atomic E-state index is 0.0529. The van der Waals surface area contributed by atoms with Crippen LogP contribution in [0.4, 0.5) is 4.39 Å². The highest BCUT2D eigenvalue weighted by Gasteiger charge is 2.28. The lowest BCUT2D eigenvalue weighted by Gasteiger charge is -2.27. The van der Waals surface area contributed by atoms with Crippen LogP contribution in [0.5, 0.6) is 0 Å². The van der Waals surface area contributed by atoms with Crippen LogP contribution < -0.4 is 0 Å². The highest BCUT2D eigenvalue weighted by Crippen LogP contribution is 2.40. The molecule has 2 aromatic carbocycles. The molecule has 1 aliphatic heterocycles. The van der Waals surface area contributed by atoms with Crippen molar-refractivity contribution in [3.05, 3.63) is 78.4 Å². The molecule has 1 aliphatic rings. The highest BCUT2D eigenvalue weighted by molar-refractivity contribution is 5.98. The number of carbonyl (C=O) groups is 1. The second kappa shape index (κ2) is 9.62. The topological polar surface area (TPSA) is 64.3 Å². The summed E-state index contributed by atoms with van der Waals surface area (Å²) >= 11 is 0. The van der Waals surface area contributed by atoms with E-state index in [1.807, 2.05) is 42.6 Å². The van der Waals surface area contributed by atoms with Gasteiger partial charge in [-0.2, -0.15) is 0 Å². The summed E-state index contributed by atoms with van der Waals surface area (Å²) in [6.07, 6.45) is 1.91. The van der Waals surface area contributed by atoms with E-state index in [1.165, 1.54) is 12.1 Å². The largest absolute Gasteiger partial charge is 0.462 e. The van der Waals surface area contributed by atoms with E-state index < -0.39 is 6.10 Å². The summed E-state index contributed by atoms with van der Waals surface area (Å²) in [6.45, 7) is 4.91. The number of hydrogen-bond donors (Lipinski definition) is 1. The van der Waals surface area contributed by atoms with Gasteiger partial charge < -0.3 is 14.4 Å². The standard InChI is InChI=1S/C29H29FN2O3/c1-18(2)27-17-25(23-11-13-31-26-6-4-3-5-24(23)26)29(19-7-9-20(30)10-8-19)32(27)14-12-22-15-21(33)16-28(34)35-22/h3-11,13,17-18,21-22,33H,12,14-16H2,1-2H3. The van der Waals surface area contributed by atoms with Crippen molar-refractivity contribution in [2.24, 2.45) is 0 Å². The molecular formula is C29H29FN2O3. The number of nitrogens with zero attached hydrogens (tertiary/aromatic N) is 2. The number of halogens is 1. The molecule has 2 aromatic heterocycles. The van der Waals surface area contributed by atoms with Crippen LogP contribution in [0.15, 0.2) is 66.9 Å². The molecule has 5 nitrogen and oxygen atoms in total. The molecule has 1 fully saturated rings. The number of benzene rings is 2. The monoisotopic (exact) mass is 472 g/mol. The van der Waals surface area contributed by atoms with Gasteiger partial charge in [0.1, 0.15) is 11.9 Å². The zero-order valence-corrected chi connectivity index (χ0v) is 19.9. The van der Waals surface area contributed by atoms with E-state index in [0.29, 0.717) is 19.4 Å². The molecule has 0 spiro atoms. The zero-order chi connectivity index (χ0) is 24.5. The van der Waals surface area contributed by atoms with Gasteiger partial charge in [-0.25, -0.2) is 4.39 Å². The number of aliphatic hydroxyl groups is 1. The van der Waals surface area contributed by atoms with Crippen LogP contribution in [0, 0.1) is 5.82 Å². The van der Waals surface area contributed by atoms with Gasteiger partial charge in [0.15, 0.2) is 0 Å². The van der Waals surface area contributed by atoms with Crippen LogP contribution >= 0.6 is 0 Å². The quantitative estimate of drug-likeness (QED) is 0.345. The molecule has 4 aromatic rings. The molecule has 180 valence electrons. The molecule has 0 amide bonds. The SMILES string of the molecule is CC(C)c1cc(-c2ccnc3ccccc23)c(-c2ccc(F)cc2)n1CCC1CC(O)CC(=O)O1. The molecule has 35 heavy (non-hydrogen) atoms. The minimum atomic E-state index is -0.661.